The van der Waals surface area contributed by atoms with E-state index in [1.165, 1.54) is 34.4 Å². The van der Waals surface area contributed by atoms with Gasteiger partial charge in [0.25, 0.3) is 0 Å². The zero-order chi connectivity index (χ0) is 18.4. The van der Waals surface area contributed by atoms with Crippen LogP contribution in [0.3, 0.4) is 0 Å². The van der Waals surface area contributed by atoms with Gasteiger partial charge in [-0.1, -0.05) is 37.3 Å². The van der Waals surface area contributed by atoms with Crippen molar-refractivity contribution < 1.29 is 9.50 Å². The topological polar surface area (TPSA) is 53.7 Å². The van der Waals surface area contributed by atoms with Gasteiger partial charge in [-0.2, -0.15) is 4.52 Å². The number of halogens is 1. The second-order valence-corrected chi connectivity index (χ2v) is 8.51. The van der Waals surface area contributed by atoms with Crippen molar-refractivity contribution in [3.63, 3.8) is 0 Å². The van der Waals surface area contributed by atoms with Crippen molar-refractivity contribution in [3.8, 4) is 5.88 Å². The van der Waals surface area contributed by atoms with E-state index in [4.69, 9.17) is 0 Å². The maximum atomic E-state index is 13.5. The second kappa shape index (κ2) is 6.63. The van der Waals surface area contributed by atoms with Crippen LogP contribution in [0.2, 0.25) is 0 Å². The summed E-state index contributed by atoms with van der Waals surface area (Å²) in [6, 6.07) is 6.46. The number of piperidine rings is 1. The van der Waals surface area contributed by atoms with E-state index in [1.54, 1.807) is 0 Å². The number of likely N-dealkylation sites (tertiary alicyclic amines) is 1. The third kappa shape index (κ3) is 3.10. The van der Waals surface area contributed by atoms with Gasteiger partial charge in [0.05, 0.1) is 10.9 Å². The highest BCUT2D eigenvalue weighted by Gasteiger charge is 2.33. The lowest BCUT2D eigenvalue weighted by Crippen LogP contribution is -2.41. The zero-order valence-corrected chi connectivity index (χ0v) is 16.0. The molecule has 138 valence electrons. The molecule has 1 aliphatic heterocycles. The molecule has 5 nitrogen and oxygen atoms in total. The summed E-state index contributed by atoms with van der Waals surface area (Å²) in [5.41, 5.74) is 0.976. The van der Waals surface area contributed by atoms with E-state index in [1.807, 2.05) is 19.1 Å². The number of hydrogen-bond donors (Lipinski definition) is 1. The number of fused-ring (bicyclic) bond motifs is 1. The van der Waals surface area contributed by atoms with Crippen LogP contribution in [0.5, 0.6) is 5.88 Å². The molecule has 1 aromatic carbocycles. The first-order chi connectivity index (χ1) is 12.4. The first-order valence-electron chi connectivity index (χ1n) is 8.97. The van der Waals surface area contributed by atoms with Crippen LogP contribution in [0.4, 0.5) is 4.39 Å². The Hall–Kier alpha value is -1.99. The molecule has 4 rings (SSSR count). The van der Waals surface area contributed by atoms with Gasteiger partial charge < -0.3 is 5.11 Å². The fraction of sp³-hybridized carbons (Fsp3) is 0.474. The number of aromatic hydroxyl groups is 1. The van der Waals surface area contributed by atoms with Crippen LogP contribution in [0.15, 0.2) is 24.3 Å². The molecule has 1 aliphatic rings. The molecule has 3 heterocycles. The van der Waals surface area contributed by atoms with E-state index in [0.717, 1.165) is 23.5 Å². The minimum Gasteiger partial charge on any atom is -0.492 e. The Morgan fingerprint density at radius 1 is 1.19 bits per heavy atom. The van der Waals surface area contributed by atoms with Crippen LogP contribution >= 0.6 is 11.3 Å². The summed E-state index contributed by atoms with van der Waals surface area (Å²) in [6.45, 7) is 8.22. The van der Waals surface area contributed by atoms with Crippen LogP contribution in [0.25, 0.3) is 4.96 Å². The van der Waals surface area contributed by atoms with Gasteiger partial charge in [-0.3, -0.25) is 4.90 Å². The monoisotopic (exact) mass is 374 g/mol. The van der Waals surface area contributed by atoms with Crippen LogP contribution in [-0.4, -0.2) is 37.7 Å². The first kappa shape index (κ1) is 17.4. The first-order valence-corrected chi connectivity index (χ1v) is 9.78. The van der Waals surface area contributed by atoms with Crippen LogP contribution in [-0.2, 0) is 0 Å². The summed E-state index contributed by atoms with van der Waals surface area (Å²) >= 11 is 1.45. The summed E-state index contributed by atoms with van der Waals surface area (Å²) in [5, 5.41) is 15.1. The molecule has 1 fully saturated rings. The SMILES string of the molecule is Cc1nc2sc([C@H](c3ccc(F)cc3)N3C[C@@H](C)C[C@H](C)C3)c(O)n2n1. The Kier molecular flexibility index (Phi) is 4.44. The Bertz CT molecular complexity index is 910. The van der Waals surface area contributed by atoms with E-state index >= 15 is 0 Å². The molecule has 0 saturated carbocycles. The normalized spacial score (nSPS) is 22.8. The van der Waals surface area contributed by atoms with Crippen LogP contribution < -0.4 is 0 Å². The third-order valence-corrected chi connectivity index (χ3v) is 6.07. The maximum absolute atomic E-state index is 13.5. The Balaban J connectivity index is 1.82. The zero-order valence-electron chi connectivity index (χ0n) is 15.2. The lowest BCUT2D eigenvalue weighted by molar-refractivity contribution is 0.112. The van der Waals surface area contributed by atoms with E-state index in [2.05, 4.69) is 28.8 Å². The highest BCUT2D eigenvalue weighted by molar-refractivity contribution is 7.17. The summed E-state index contributed by atoms with van der Waals surface area (Å²) in [7, 11) is 0. The Morgan fingerprint density at radius 2 is 1.85 bits per heavy atom. The van der Waals surface area contributed by atoms with Gasteiger partial charge in [-0.05, 0) is 42.9 Å². The molecule has 0 amide bonds. The van der Waals surface area contributed by atoms with Gasteiger partial charge in [0, 0.05) is 13.1 Å². The van der Waals surface area contributed by atoms with Crippen molar-refractivity contribution >= 4 is 16.3 Å². The molecule has 1 N–H and O–H groups in total. The molecule has 7 heteroatoms. The number of aryl methyl sites for hydroxylation is 1. The van der Waals surface area contributed by atoms with Crippen molar-refractivity contribution in [2.24, 2.45) is 11.8 Å². The predicted octanol–water partition coefficient (Wildman–Crippen LogP) is 4.01. The second-order valence-electron chi connectivity index (χ2n) is 7.50. The molecule has 1 saturated heterocycles. The third-order valence-electron chi connectivity index (χ3n) is 5.00. The van der Waals surface area contributed by atoms with Crippen molar-refractivity contribution in [1.82, 2.24) is 19.5 Å². The average molecular weight is 374 g/mol. The Morgan fingerprint density at radius 3 is 2.46 bits per heavy atom. The van der Waals surface area contributed by atoms with Crippen molar-refractivity contribution in [3.05, 3.63) is 46.3 Å². The lowest BCUT2D eigenvalue weighted by atomic mass is 9.89. The van der Waals surface area contributed by atoms with Crippen molar-refractivity contribution in [2.75, 3.05) is 13.1 Å². The van der Waals surface area contributed by atoms with E-state index in [-0.39, 0.29) is 17.7 Å². The standard InChI is InChI=1S/C19H23FN4OS/c1-11-8-12(2)10-23(9-11)16(14-4-6-15(20)7-5-14)17-18(25)24-19(26-17)21-13(3)22-24/h4-7,11-12,16,25H,8-10H2,1-3H3/t11-,12-,16-/m0/s1. The van der Waals surface area contributed by atoms with Crippen molar-refractivity contribution in [2.45, 2.75) is 33.2 Å². The minimum atomic E-state index is -0.254. The molecule has 0 unspecified atom stereocenters. The average Bonchev–Trinajstić information content (AvgIpc) is 3.07. The van der Waals surface area contributed by atoms with Gasteiger partial charge in [0.2, 0.25) is 10.8 Å². The van der Waals surface area contributed by atoms with Gasteiger partial charge in [-0.15, -0.1) is 5.10 Å². The number of benzene rings is 1. The molecule has 2 aromatic heterocycles. The van der Waals surface area contributed by atoms with Crippen LogP contribution in [0.1, 0.15) is 42.6 Å². The summed E-state index contributed by atoms with van der Waals surface area (Å²) in [5.74, 6) is 1.67. The Labute approximate surface area is 156 Å². The number of nitrogens with zero attached hydrogens (tertiary/aromatic N) is 4. The van der Waals surface area contributed by atoms with E-state index in [0.29, 0.717) is 22.6 Å². The van der Waals surface area contributed by atoms with Gasteiger partial charge >= 0.3 is 0 Å². The van der Waals surface area contributed by atoms with E-state index in [9.17, 15) is 9.50 Å². The summed E-state index contributed by atoms with van der Waals surface area (Å²) in [4.78, 5) is 8.28. The number of thiazole rings is 1. The number of aromatic nitrogens is 3. The summed E-state index contributed by atoms with van der Waals surface area (Å²) in [6.07, 6.45) is 1.20. The fourth-order valence-corrected chi connectivity index (χ4v) is 5.28. The summed E-state index contributed by atoms with van der Waals surface area (Å²) < 4.78 is 15.0. The quantitative estimate of drug-likeness (QED) is 0.753. The molecule has 26 heavy (non-hydrogen) atoms. The number of hydrogen-bond acceptors (Lipinski definition) is 5. The number of rotatable bonds is 3. The lowest BCUT2D eigenvalue weighted by Gasteiger charge is -2.40. The van der Waals surface area contributed by atoms with Gasteiger partial charge in [-0.25, -0.2) is 9.37 Å². The van der Waals surface area contributed by atoms with Gasteiger partial charge in [0.1, 0.15) is 11.6 Å². The molecule has 0 spiro atoms. The molecule has 3 aromatic rings. The molecule has 0 bridgehead atoms. The largest absolute Gasteiger partial charge is 0.492 e. The molecular weight excluding hydrogens is 351 g/mol. The highest BCUT2D eigenvalue weighted by atomic mass is 32.1. The molecular formula is C19H23FN4OS. The molecule has 0 aliphatic carbocycles. The predicted molar refractivity (Wildman–Crippen MR) is 100 cm³/mol. The smallest absolute Gasteiger partial charge is 0.230 e. The highest BCUT2D eigenvalue weighted by Crippen LogP contribution is 2.41. The molecule has 0 radical (unpaired) electrons. The fourth-order valence-electron chi connectivity index (χ4n) is 4.12. The maximum Gasteiger partial charge on any atom is 0.230 e. The minimum absolute atomic E-state index is 0.130. The molecule has 3 atom stereocenters. The van der Waals surface area contributed by atoms with Gasteiger partial charge in [0.15, 0.2) is 0 Å². The van der Waals surface area contributed by atoms with Crippen LogP contribution in [0, 0.1) is 24.6 Å². The van der Waals surface area contributed by atoms with E-state index < -0.39 is 0 Å². The van der Waals surface area contributed by atoms with Crippen molar-refractivity contribution in [1.29, 1.82) is 0 Å².